The normalized spacial score (nSPS) is 52.1. The van der Waals surface area contributed by atoms with Crippen molar-refractivity contribution in [1.29, 1.82) is 0 Å². The Hall–Kier alpha value is -2.04. The zero-order valence-electron chi connectivity index (χ0n) is 14.8. The molecule has 3 heterocycles. The molecule has 2 bridgehead atoms. The van der Waals surface area contributed by atoms with E-state index in [0.29, 0.717) is 0 Å². The Morgan fingerprint density at radius 1 is 1.36 bits per heavy atom. The number of carbonyl (C=O) groups excluding carboxylic acids is 2. The Morgan fingerprint density at radius 3 is 2.64 bits per heavy atom. The van der Waals surface area contributed by atoms with Crippen LogP contribution in [0.2, 0.25) is 0 Å². The highest BCUT2D eigenvalue weighted by Crippen LogP contribution is 2.77. The first-order valence-electron chi connectivity index (χ1n) is 8.80. The van der Waals surface area contributed by atoms with E-state index in [1.807, 2.05) is 0 Å². The Labute approximate surface area is 155 Å². The molecule has 9 nitrogen and oxygen atoms in total. The van der Waals surface area contributed by atoms with Crippen LogP contribution in [0.15, 0.2) is 5.11 Å². The first-order valence-corrected chi connectivity index (χ1v) is 8.80. The fraction of sp³-hybridized carbons (Fsp3) is 0.875. The number of carbonyl (C=O) groups is 2. The fourth-order valence-corrected chi connectivity index (χ4v) is 6.46. The molecule has 28 heavy (non-hydrogen) atoms. The van der Waals surface area contributed by atoms with Gasteiger partial charge in [-0.3, -0.25) is 4.79 Å². The molecule has 9 atom stereocenters. The molecule has 1 spiro atoms. The summed E-state index contributed by atoms with van der Waals surface area (Å²) in [6.07, 6.45) is -9.50. The van der Waals surface area contributed by atoms with Crippen LogP contribution in [0.25, 0.3) is 10.4 Å². The van der Waals surface area contributed by atoms with Crippen LogP contribution in [0, 0.1) is 17.3 Å². The van der Waals surface area contributed by atoms with Gasteiger partial charge in [0.2, 0.25) is 5.60 Å². The summed E-state index contributed by atoms with van der Waals surface area (Å²) in [5, 5.41) is 15.0. The Balaban J connectivity index is 1.69. The molecule has 5 fully saturated rings. The van der Waals surface area contributed by atoms with E-state index in [-0.39, 0.29) is 6.42 Å². The van der Waals surface area contributed by atoms with Crippen molar-refractivity contribution >= 4 is 11.9 Å². The number of esters is 2. The van der Waals surface area contributed by atoms with Crippen molar-refractivity contribution in [3.05, 3.63) is 10.4 Å². The lowest BCUT2D eigenvalue weighted by molar-refractivity contribution is -0.217. The van der Waals surface area contributed by atoms with Gasteiger partial charge < -0.3 is 19.3 Å². The maximum Gasteiger partial charge on any atom is 0.389 e. The van der Waals surface area contributed by atoms with Gasteiger partial charge in [0.25, 0.3) is 0 Å². The fourth-order valence-electron chi connectivity index (χ4n) is 6.46. The third kappa shape index (κ3) is 1.63. The van der Waals surface area contributed by atoms with Crippen molar-refractivity contribution in [3.63, 3.8) is 0 Å². The van der Waals surface area contributed by atoms with Crippen LogP contribution in [0.4, 0.5) is 13.2 Å². The van der Waals surface area contributed by atoms with Crippen LogP contribution < -0.4 is 0 Å². The molecule has 152 valence electrons. The third-order valence-corrected chi connectivity index (χ3v) is 7.58. The zero-order chi connectivity index (χ0) is 20.5. The number of fused-ring (bicyclic) bond motifs is 4. The molecule has 3 saturated heterocycles. The summed E-state index contributed by atoms with van der Waals surface area (Å²) in [6.45, 7) is 2.62. The van der Waals surface area contributed by atoms with Crippen molar-refractivity contribution in [3.8, 4) is 0 Å². The van der Waals surface area contributed by atoms with Crippen molar-refractivity contribution in [2.75, 3.05) is 0 Å². The highest BCUT2D eigenvalue weighted by molar-refractivity contribution is 5.91. The van der Waals surface area contributed by atoms with Crippen LogP contribution in [0.3, 0.4) is 0 Å². The number of halogens is 3. The van der Waals surface area contributed by atoms with Gasteiger partial charge in [0.1, 0.15) is 12.2 Å². The summed E-state index contributed by atoms with van der Waals surface area (Å²) in [4.78, 5) is 27.7. The van der Waals surface area contributed by atoms with Crippen LogP contribution >= 0.6 is 0 Å². The molecule has 2 aliphatic carbocycles. The van der Waals surface area contributed by atoms with Crippen LogP contribution in [-0.2, 0) is 23.8 Å². The van der Waals surface area contributed by atoms with Crippen LogP contribution in [0.5, 0.6) is 0 Å². The molecule has 12 heteroatoms. The van der Waals surface area contributed by atoms with Gasteiger partial charge in [-0.1, -0.05) is 12.0 Å². The predicted octanol–water partition coefficient (Wildman–Crippen LogP) is 1.38. The average Bonchev–Trinajstić information content (AvgIpc) is 3.01. The minimum atomic E-state index is -4.71. The first kappa shape index (κ1) is 18.0. The molecule has 0 unspecified atom stereocenters. The predicted molar refractivity (Wildman–Crippen MR) is 80.2 cm³/mol. The number of rotatable bonds is 3. The van der Waals surface area contributed by atoms with Gasteiger partial charge in [0.05, 0.1) is 28.9 Å². The summed E-state index contributed by atoms with van der Waals surface area (Å²) in [7, 11) is 0. The van der Waals surface area contributed by atoms with Gasteiger partial charge in [-0.05, 0) is 12.5 Å². The molecular weight excluding hydrogens is 387 g/mol. The lowest BCUT2D eigenvalue weighted by Crippen LogP contribution is -2.69. The molecule has 5 rings (SSSR count). The molecular formula is C16H16F3N3O6. The lowest BCUT2D eigenvalue weighted by atomic mass is 9.51. The minimum Gasteiger partial charge on any atom is -0.458 e. The Morgan fingerprint density at radius 2 is 2.04 bits per heavy atom. The van der Waals surface area contributed by atoms with E-state index in [4.69, 9.17) is 19.7 Å². The third-order valence-electron chi connectivity index (χ3n) is 7.58. The van der Waals surface area contributed by atoms with Crippen molar-refractivity contribution < 1.29 is 42.1 Å². The number of azide groups is 1. The second-order valence-corrected chi connectivity index (χ2v) is 8.74. The topological polar surface area (TPSA) is 134 Å². The molecule has 0 aromatic heterocycles. The van der Waals surface area contributed by atoms with E-state index < -0.39 is 76.8 Å². The van der Waals surface area contributed by atoms with E-state index in [1.165, 1.54) is 0 Å². The molecule has 0 amide bonds. The highest BCUT2D eigenvalue weighted by Gasteiger charge is 2.95. The van der Waals surface area contributed by atoms with Gasteiger partial charge in [0, 0.05) is 17.3 Å². The zero-order valence-corrected chi connectivity index (χ0v) is 14.8. The quantitative estimate of drug-likeness (QED) is 0.249. The molecule has 0 aromatic carbocycles. The summed E-state index contributed by atoms with van der Waals surface area (Å²) < 4.78 is 56.1. The molecule has 2 saturated carbocycles. The van der Waals surface area contributed by atoms with Gasteiger partial charge >= 0.3 is 18.1 Å². The second-order valence-electron chi connectivity index (χ2n) is 8.74. The number of hydrogen-bond donors (Lipinski definition) is 1. The van der Waals surface area contributed by atoms with E-state index in [1.54, 1.807) is 6.92 Å². The van der Waals surface area contributed by atoms with Crippen molar-refractivity contribution in [1.82, 2.24) is 0 Å². The standard InChI is InChI=1S/C16H16F3N3O6/c1-12(21-22-20,4-15(17,18)19)6-7-10(23)26-8(6)9-13(2)14(7,25)3-5-16(13,28-5)11(24)27-9/h5-9,25H,3-4H2,1-2H3/t5-,6+,7-,8-,9-,12+,13-,14-,16+/m1/s1. The summed E-state index contributed by atoms with van der Waals surface area (Å²) in [5.74, 6) is -4.33. The molecule has 3 aliphatic heterocycles. The molecule has 0 aromatic rings. The van der Waals surface area contributed by atoms with Crippen molar-refractivity contribution in [2.45, 2.75) is 67.9 Å². The maximum atomic E-state index is 13.3. The number of aliphatic hydroxyl groups is 1. The molecule has 0 radical (unpaired) electrons. The number of epoxide rings is 1. The highest BCUT2D eigenvalue weighted by atomic mass is 19.4. The number of nitrogens with zero attached hydrogens (tertiary/aromatic N) is 3. The van der Waals surface area contributed by atoms with Gasteiger partial charge in [0.15, 0.2) is 6.10 Å². The SMILES string of the molecule is C[C@]12[C@@H]3OC(=O)[C@]14O[C@@H]4C[C@@]2(O)[C@H]1C(=O)O[C@@H]3[C@H]1[C@](C)(CC(F)(F)F)N=[N+]=[N-]. The van der Waals surface area contributed by atoms with E-state index in [9.17, 15) is 27.9 Å². The summed E-state index contributed by atoms with van der Waals surface area (Å²) >= 11 is 0. The first-order chi connectivity index (χ1) is 12.9. The van der Waals surface area contributed by atoms with Gasteiger partial charge in [-0.15, -0.1) is 0 Å². The lowest BCUT2D eigenvalue weighted by Gasteiger charge is -2.53. The van der Waals surface area contributed by atoms with Crippen LogP contribution in [-0.4, -0.2) is 58.3 Å². The van der Waals surface area contributed by atoms with Crippen molar-refractivity contribution in [2.24, 2.45) is 22.4 Å². The maximum absolute atomic E-state index is 13.3. The molecule has 1 N–H and O–H groups in total. The van der Waals surface area contributed by atoms with E-state index >= 15 is 0 Å². The number of alkyl halides is 3. The summed E-state index contributed by atoms with van der Waals surface area (Å²) in [6, 6.07) is 0. The Kier molecular flexibility index (Phi) is 2.94. The second kappa shape index (κ2) is 4.58. The monoisotopic (exact) mass is 403 g/mol. The minimum absolute atomic E-state index is 0.115. The largest absolute Gasteiger partial charge is 0.458 e. The van der Waals surface area contributed by atoms with Crippen LogP contribution in [0.1, 0.15) is 26.7 Å². The Bertz CT molecular complexity index is 876. The smallest absolute Gasteiger partial charge is 0.389 e. The number of ether oxygens (including phenoxy) is 3. The van der Waals surface area contributed by atoms with Gasteiger partial charge in [-0.25, -0.2) is 4.79 Å². The molecule has 5 aliphatic rings. The van der Waals surface area contributed by atoms with Gasteiger partial charge in [-0.2, -0.15) is 13.2 Å². The van der Waals surface area contributed by atoms with E-state index in [0.717, 1.165) is 6.92 Å². The number of hydrogen-bond acceptors (Lipinski definition) is 7. The van der Waals surface area contributed by atoms with E-state index in [2.05, 4.69) is 10.0 Å². The average molecular weight is 403 g/mol. The summed E-state index contributed by atoms with van der Waals surface area (Å²) in [5.41, 5.74) is 2.13.